The molecule has 0 aliphatic carbocycles. The van der Waals surface area contributed by atoms with Crippen molar-refractivity contribution in [3.05, 3.63) is 42.4 Å². The molecule has 0 aliphatic heterocycles. The van der Waals surface area contributed by atoms with E-state index in [1.807, 2.05) is 26.0 Å². The molecule has 0 fully saturated rings. The Morgan fingerprint density at radius 1 is 1.59 bits per heavy atom. The Morgan fingerprint density at radius 3 is 3.00 bits per heavy atom. The lowest BCUT2D eigenvalue weighted by Crippen LogP contribution is -2.36. The second-order valence-corrected chi connectivity index (χ2v) is 4.51. The second-order valence-electron chi connectivity index (χ2n) is 4.51. The van der Waals surface area contributed by atoms with E-state index in [0.29, 0.717) is 12.2 Å². The van der Waals surface area contributed by atoms with E-state index in [0.717, 1.165) is 5.76 Å². The van der Waals surface area contributed by atoms with Crippen molar-refractivity contribution in [2.24, 2.45) is 0 Å². The third-order valence-electron chi connectivity index (χ3n) is 2.62. The average molecular weight is 233 g/mol. The summed E-state index contributed by atoms with van der Waals surface area (Å²) in [6.45, 7) is 4.52. The van der Waals surface area contributed by atoms with Crippen molar-refractivity contribution in [1.29, 1.82) is 0 Å². The van der Waals surface area contributed by atoms with E-state index >= 15 is 0 Å². The number of imidazole rings is 1. The normalized spacial score (nSPS) is 11.4. The van der Waals surface area contributed by atoms with Gasteiger partial charge in [0.1, 0.15) is 11.5 Å². The van der Waals surface area contributed by atoms with Crippen LogP contribution >= 0.6 is 0 Å². The van der Waals surface area contributed by atoms with Gasteiger partial charge in [-0.2, -0.15) is 0 Å². The Balaban J connectivity index is 1.96. The average Bonchev–Trinajstić information content (AvgIpc) is 2.97. The van der Waals surface area contributed by atoms with Crippen molar-refractivity contribution in [1.82, 2.24) is 15.3 Å². The Kier molecular flexibility index (Phi) is 2.99. The molecular weight excluding hydrogens is 218 g/mol. The van der Waals surface area contributed by atoms with Gasteiger partial charge in [0.2, 0.25) is 0 Å². The number of furan rings is 1. The number of amides is 1. The molecule has 5 nitrogen and oxygen atoms in total. The van der Waals surface area contributed by atoms with Gasteiger partial charge in [-0.3, -0.25) is 4.79 Å². The summed E-state index contributed by atoms with van der Waals surface area (Å²) < 4.78 is 5.35. The van der Waals surface area contributed by atoms with Gasteiger partial charge in [-0.1, -0.05) is 13.8 Å². The topological polar surface area (TPSA) is 70.9 Å². The molecule has 0 atom stereocenters. The lowest BCUT2D eigenvalue weighted by Gasteiger charge is -2.22. The number of nitrogens with zero attached hydrogens (tertiary/aromatic N) is 1. The van der Waals surface area contributed by atoms with Crippen LogP contribution in [0.4, 0.5) is 0 Å². The maximum atomic E-state index is 11.7. The summed E-state index contributed by atoms with van der Waals surface area (Å²) in [5.74, 6) is 0.685. The summed E-state index contributed by atoms with van der Waals surface area (Å²) in [5, 5.41) is 2.84. The van der Waals surface area contributed by atoms with E-state index in [2.05, 4.69) is 15.3 Å². The monoisotopic (exact) mass is 233 g/mol. The Labute approximate surface area is 99.2 Å². The molecule has 2 aromatic rings. The summed E-state index contributed by atoms with van der Waals surface area (Å²) >= 11 is 0. The molecule has 0 unspecified atom stereocenters. The van der Waals surface area contributed by atoms with Crippen molar-refractivity contribution in [2.75, 3.05) is 6.54 Å². The van der Waals surface area contributed by atoms with Crippen LogP contribution in [0.5, 0.6) is 0 Å². The van der Waals surface area contributed by atoms with Gasteiger partial charge in [0, 0.05) is 12.0 Å². The van der Waals surface area contributed by atoms with Crippen LogP contribution in [0.1, 0.15) is 30.1 Å². The van der Waals surface area contributed by atoms with E-state index in [1.54, 1.807) is 6.26 Å². The fourth-order valence-electron chi connectivity index (χ4n) is 1.53. The molecule has 0 saturated carbocycles. The molecule has 0 spiro atoms. The fraction of sp³-hybridized carbons (Fsp3) is 0.333. The lowest BCUT2D eigenvalue weighted by molar-refractivity contribution is 0.0939. The first kappa shape index (κ1) is 11.4. The highest BCUT2D eigenvalue weighted by molar-refractivity contribution is 5.91. The molecule has 0 saturated heterocycles. The summed E-state index contributed by atoms with van der Waals surface area (Å²) in [6, 6.07) is 3.75. The number of aromatic amines is 1. The Morgan fingerprint density at radius 2 is 2.41 bits per heavy atom. The van der Waals surface area contributed by atoms with Crippen molar-refractivity contribution >= 4 is 5.91 Å². The summed E-state index contributed by atoms with van der Waals surface area (Å²) in [4.78, 5) is 18.3. The van der Waals surface area contributed by atoms with Gasteiger partial charge < -0.3 is 14.7 Å². The third kappa shape index (κ3) is 2.55. The predicted molar refractivity (Wildman–Crippen MR) is 62.7 cm³/mol. The SMILES string of the molecule is CC(C)(CNC(=O)c1cnc[nH]1)c1ccco1. The third-order valence-corrected chi connectivity index (χ3v) is 2.62. The molecular formula is C12H15N3O2. The lowest BCUT2D eigenvalue weighted by atomic mass is 9.90. The number of H-pyrrole nitrogens is 1. The van der Waals surface area contributed by atoms with Gasteiger partial charge in [-0.25, -0.2) is 4.98 Å². The van der Waals surface area contributed by atoms with Crippen LogP contribution < -0.4 is 5.32 Å². The number of carbonyl (C=O) groups is 1. The molecule has 0 radical (unpaired) electrons. The van der Waals surface area contributed by atoms with Gasteiger partial charge in [-0.15, -0.1) is 0 Å². The zero-order valence-corrected chi connectivity index (χ0v) is 9.86. The van der Waals surface area contributed by atoms with Crippen LogP contribution in [0.2, 0.25) is 0 Å². The standard InChI is InChI=1S/C12H15N3O2/c1-12(2,10-4-3-5-17-10)7-14-11(16)9-6-13-8-15-9/h3-6,8H,7H2,1-2H3,(H,13,15)(H,14,16). The van der Waals surface area contributed by atoms with E-state index in [1.165, 1.54) is 12.5 Å². The Hall–Kier alpha value is -2.04. The molecule has 1 amide bonds. The minimum atomic E-state index is -0.237. The van der Waals surface area contributed by atoms with E-state index in [-0.39, 0.29) is 11.3 Å². The molecule has 2 aromatic heterocycles. The molecule has 2 rings (SSSR count). The maximum Gasteiger partial charge on any atom is 0.269 e. The second kappa shape index (κ2) is 4.45. The number of aromatic nitrogens is 2. The van der Waals surface area contributed by atoms with Crippen LogP contribution in [0.3, 0.4) is 0 Å². The van der Waals surface area contributed by atoms with Crippen LogP contribution in [-0.4, -0.2) is 22.4 Å². The predicted octanol–water partition coefficient (Wildman–Crippen LogP) is 1.71. The maximum absolute atomic E-state index is 11.7. The number of carbonyl (C=O) groups excluding carboxylic acids is 1. The molecule has 2 heterocycles. The van der Waals surface area contributed by atoms with Crippen molar-refractivity contribution in [2.45, 2.75) is 19.3 Å². The first-order valence-electron chi connectivity index (χ1n) is 5.40. The van der Waals surface area contributed by atoms with Crippen LogP contribution in [0, 0.1) is 0 Å². The summed E-state index contributed by atoms with van der Waals surface area (Å²) in [7, 11) is 0. The minimum Gasteiger partial charge on any atom is -0.469 e. The highest BCUT2D eigenvalue weighted by Gasteiger charge is 2.24. The smallest absolute Gasteiger partial charge is 0.269 e. The van der Waals surface area contributed by atoms with Gasteiger partial charge in [-0.05, 0) is 12.1 Å². The summed E-state index contributed by atoms with van der Waals surface area (Å²) in [6.07, 6.45) is 4.61. The van der Waals surface area contributed by atoms with Gasteiger partial charge in [0.05, 0.1) is 18.8 Å². The molecule has 5 heteroatoms. The largest absolute Gasteiger partial charge is 0.469 e. The van der Waals surface area contributed by atoms with Gasteiger partial charge >= 0.3 is 0 Å². The highest BCUT2D eigenvalue weighted by atomic mass is 16.3. The first-order chi connectivity index (χ1) is 8.09. The van der Waals surface area contributed by atoms with Crippen LogP contribution in [-0.2, 0) is 5.41 Å². The minimum absolute atomic E-state index is 0.165. The number of hydrogen-bond acceptors (Lipinski definition) is 3. The molecule has 0 bridgehead atoms. The first-order valence-corrected chi connectivity index (χ1v) is 5.40. The summed E-state index contributed by atoms with van der Waals surface area (Å²) in [5.41, 5.74) is 0.222. The number of nitrogens with one attached hydrogen (secondary N) is 2. The zero-order valence-electron chi connectivity index (χ0n) is 9.86. The van der Waals surface area contributed by atoms with E-state index in [9.17, 15) is 4.79 Å². The van der Waals surface area contributed by atoms with Gasteiger partial charge in [0.15, 0.2) is 0 Å². The van der Waals surface area contributed by atoms with E-state index < -0.39 is 0 Å². The van der Waals surface area contributed by atoms with Crippen molar-refractivity contribution in [3.8, 4) is 0 Å². The highest BCUT2D eigenvalue weighted by Crippen LogP contribution is 2.22. The van der Waals surface area contributed by atoms with Crippen LogP contribution in [0.25, 0.3) is 0 Å². The van der Waals surface area contributed by atoms with Crippen molar-refractivity contribution in [3.63, 3.8) is 0 Å². The Bertz CT molecular complexity index is 472. The van der Waals surface area contributed by atoms with Crippen LogP contribution in [0.15, 0.2) is 35.3 Å². The van der Waals surface area contributed by atoms with Crippen molar-refractivity contribution < 1.29 is 9.21 Å². The van der Waals surface area contributed by atoms with E-state index in [4.69, 9.17) is 4.42 Å². The van der Waals surface area contributed by atoms with Gasteiger partial charge in [0.25, 0.3) is 5.91 Å². The molecule has 90 valence electrons. The molecule has 0 aromatic carbocycles. The number of hydrogen-bond donors (Lipinski definition) is 2. The fourth-order valence-corrected chi connectivity index (χ4v) is 1.53. The quantitative estimate of drug-likeness (QED) is 0.844. The molecule has 2 N–H and O–H groups in total. The molecule has 17 heavy (non-hydrogen) atoms. The zero-order chi connectivity index (χ0) is 12.3. The number of rotatable bonds is 4. The molecule has 0 aliphatic rings.